The molecule has 150 valence electrons. The van der Waals surface area contributed by atoms with Gasteiger partial charge in [-0.25, -0.2) is 4.98 Å². The van der Waals surface area contributed by atoms with E-state index in [1.54, 1.807) is 0 Å². The highest BCUT2D eigenvalue weighted by Gasteiger charge is 2.27. The standard InChI is InChI=1S/C24H28N4O/c1-4-14-26-16-27(21-12-10-18(2)11-13-21)24-25-19(3)22(23(29)28(24)17-26)15-20-8-6-5-7-9-20/h5-13H,4,14-17H2,1-3H3. The Morgan fingerprint density at radius 3 is 2.38 bits per heavy atom. The van der Waals surface area contributed by atoms with Gasteiger partial charge in [0.2, 0.25) is 5.95 Å². The maximum atomic E-state index is 13.5. The van der Waals surface area contributed by atoms with Crippen LogP contribution in [-0.4, -0.2) is 27.7 Å². The van der Waals surface area contributed by atoms with Crippen molar-refractivity contribution in [3.05, 3.63) is 87.3 Å². The fraction of sp³-hybridized carbons (Fsp3) is 0.333. The second kappa shape index (κ2) is 8.21. The number of fused-ring (bicyclic) bond motifs is 1. The zero-order valence-electron chi connectivity index (χ0n) is 17.4. The van der Waals surface area contributed by atoms with Crippen molar-refractivity contribution < 1.29 is 0 Å². The molecule has 2 aromatic carbocycles. The van der Waals surface area contributed by atoms with E-state index < -0.39 is 0 Å². The van der Waals surface area contributed by atoms with Gasteiger partial charge in [0.05, 0.1) is 19.0 Å². The van der Waals surface area contributed by atoms with E-state index in [9.17, 15) is 4.79 Å². The summed E-state index contributed by atoms with van der Waals surface area (Å²) in [5, 5.41) is 0. The van der Waals surface area contributed by atoms with E-state index in [0.29, 0.717) is 13.1 Å². The Hall–Kier alpha value is -2.92. The van der Waals surface area contributed by atoms with Crippen LogP contribution in [0.4, 0.5) is 11.6 Å². The Morgan fingerprint density at radius 1 is 0.966 bits per heavy atom. The van der Waals surface area contributed by atoms with Crippen molar-refractivity contribution in [2.45, 2.75) is 40.3 Å². The van der Waals surface area contributed by atoms with Crippen LogP contribution >= 0.6 is 0 Å². The van der Waals surface area contributed by atoms with Crippen LogP contribution in [0.3, 0.4) is 0 Å². The minimum atomic E-state index is 0.0641. The molecule has 0 N–H and O–H groups in total. The van der Waals surface area contributed by atoms with Crippen molar-refractivity contribution in [1.82, 2.24) is 14.5 Å². The maximum Gasteiger partial charge on any atom is 0.259 e. The molecule has 1 aliphatic rings. The maximum absolute atomic E-state index is 13.5. The molecule has 29 heavy (non-hydrogen) atoms. The predicted molar refractivity (Wildman–Crippen MR) is 118 cm³/mol. The first kappa shape index (κ1) is 19.4. The summed E-state index contributed by atoms with van der Waals surface area (Å²) in [4.78, 5) is 22.9. The molecule has 3 aromatic rings. The average Bonchev–Trinajstić information content (AvgIpc) is 2.73. The summed E-state index contributed by atoms with van der Waals surface area (Å²) in [6.45, 7) is 8.46. The van der Waals surface area contributed by atoms with Gasteiger partial charge in [-0.15, -0.1) is 0 Å². The highest BCUT2D eigenvalue weighted by Crippen LogP contribution is 2.28. The third-order valence-corrected chi connectivity index (χ3v) is 5.48. The Balaban J connectivity index is 1.80. The van der Waals surface area contributed by atoms with E-state index in [0.717, 1.165) is 48.1 Å². The zero-order valence-corrected chi connectivity index (χ0v) is 17.4. The van der Waals surface area contributed by atoms with Crippen molar-refractivity contribution in [3.8, 4) is 0 Å². The topological polar surface area (TPSA) is 41.4 Å². The fourth-order valence-electron chi connectivity index (χ4n) is 3.91. The molecule has 0 bridgehead atoms. The lowest BCUT2D eigenvalue weighted by atomic mass is 10.1. The number of aromatic nitrogens is 2. The van der Waals surface area contributed by atoms with Gasteiger partial charge < -0.3 is 0 Å². The number of benzene rings is 2. The van der Waals surface area contributed by atoms with E-state index in [-0.39, 0.29) is 5.56 Å². The van der Waals surface area contributed by atoms with Crippen molar-refractivity contribution in [2.24, 2.45) is 0 Å². The first-order chi connectivity index (χ1) is 14.1. The van der Waals surface area contributed by atoms with Gasteiger partial charge in [-0.1, -0.05) is 55.0 Å². The molecule has 0 amide bonds. The Bertz CT molecular complexity index is 1040. The summed E-state index contributed by atoms with van der Waals surface area (Å²) >= 11 is 0. The number of hydrogen-bond acceptors (Lipinski definition) is 4. The molecular weight excluding hydrogens is 360 g/mol. The van der Waals surface area contributed by atoms with Crippen LogP contribution in [-0.2, 0) is 13.1 Å². The molecule has 5 nitrogen and oxygen atoms in total. The number of aryl methyl sites for hydroxylation is 2. The molecule has 1 aliphatic heterocycles. The lowest BCUT2D eigenvalue weighted by molar-refractivity contribution is 0.198. The van der Waals surface area contributed by atoms with Gasteiger partial charge >= 0.3 is 0 Å². The molecule has 0 aliphatic carbocycles. The molecular formula is C24H28N4O. The minimum absolute atomic E-state index is 0.0641. The molecule has 0 fully saturated rings. The van der Waals surface area contributed by atoms with Gasteiger partial charge in [-0.2, -0.15) is 0 Å². The van der Waals surface area contributed by atoms with Gasteiger partial charge in [-0.05, 0) is 38.0 Å². The molecule has 0 saturated carbocycles. The van der Waals surface area contributed by atoms with Crippen molar-refractivity contribution >= 4 is 11.6 Å². The van der Waals surface area contributed by atoms with Gasteiger partial charge in [0.15, 0.2) is 0 Å². The zero-order chi connectivity index (χ0) is 20.4. The molecule has 0 saturated heterocycles. The molecule has 0 spiro atoms. The smallest absolute Gasteiger partial charge is 0.259 e. The summed E-state index contributed by atoms with van der Waals surface area (Å²) < 4.78 is 1.84. The van der Waals surface area contributed by atoms with Crippen LogP contribution in [0.1, 0.15) is 35.7 Å². The SMILES string of the molecule is CCCN1CN(c2ccc(C)cc2)c2nc(C)c(Cc3ccccc3)c(=O)n2C1. The number of hydrogen-bond donors (Lipinski definition) is 0. The van der Waals surface area contributed by atoms with E-state index in [4.69, 9.17) is 4.98 Å². The lowest BCUT2D eigenvalue weighted by Crippen LogP contribution is -2.48. The van der Waals surface area contributed by atoms with Crippen LogP contribution in [0.25, 0.3) is 0 Å². The predicted octanol–water partition coefficient (Wildman–Crippen LogP) is 4.23. The Morgan fingerprint density at radius 2 is 1.69 bits per heavy atom. The average molecular weight is 389 g/mol. The van der Waals surface area contributed by atoms with Crippen molar-refractivity contribution in [1.29, 1.82) is 0 Å². The molecule has 0 radical (unpaired) electrons. The lowest BCUT2D eigenvalue weighted by Gasteiger charge is -2.38. The second-order valence-corrected chi connectivity index (χ2v) is 7.81. The van der Waals surface area contributed by atoms with Gasteiger partial charge in [0.25, 0.3) is 5.56 Å². The van der Waals surface area contributed by atoms with E-state index in [2.05, 4.69) is 60.0 Å². The number of anilines is 2. The first-order valence-corrected chi connectivity index (χ1v) is 10.3. The van der Waals surface area contributed by atoms with Gasteiger partial charge in [0.1, 0.15) is 0 Å². The van der Waals surface area contributed by atoms with Crippen LogP contribution in [0.5, 0.6) is 0 Å². The van der Waals surface area contributed by atoms with Gasteiger partial charge in [-0.3, -0.25) is 19.2 Å². The minimum Gasteiger partial charge on any atom is -0.298 e. The summed E-state index contributed by atoms with van der Waals surface area (Å²) in [7, 11) is 0. The summed E-state index contributed by atoms with van der Waals surface area (Å²) in [5.74, 6) is 0.737. The number of rotatable bonds is 5. The third kappa shape index (κ3) is 3.96. The van der Waals surface area contributed by atoms with Crippen LogP contribution in [0, 0.1) is 13.8 Å². The fourth-order valence-corrected chi connectivity index (χ4v) is 3.91. The highest BCUT2D eigenvalue weighted by atomic mass is 16.1. The summed E-state index contributed by atoms with van der Waals surface area (Å²) in [5.41, 5.74) is 5.07. The normalized spacial score (nSPS) is 14.1. The van der Waals surface area contributed by atoms with E-state index >= 15 is 0 Å². The van der Waals surface area contributed by atoms with Crippen molar-refractivity contribution in [3.63, 3.8) is 0 Å². The van der Waals surface area contributed by atoms with E-state index in [1.807, 2.05) is 29.7 Å². The molecule has 4 rings (SSSR count). The monoisotopic (exact) mass is 388 g/mol. The van der Waals surface area contributed by atoms with Crippen LogP contribution < -0.4 is 10.5 Å². The highest BCUT2D eigenvalue weighted by molar-refractivity contribution is 5.59. The number of nitrogens with zero attached hydrogens (tertiary/aromatic N) is 4. The molecule has 1 aromatic heterocycles. The summed E-state index contributed by atoms with van der Waals surface area (Å²) in [6, 6.07) is 18.6. The van der Waals surface area contributed by atoms with Gasteiger partial charge in [0, 0.05) is 24.2 Å². The van der Waals surface area contributed by atoms with Crippen molar-refractivity contribution in [2.75, 3.05) is 18.1 Å². The molecule has 2 heterocycles. The Labute approximate surface area is 172 Å². The molecule has 0 unspecified atom stereocenters. The largest absolute Gasteiger partial charge is 0.298 e. The molecule has 0 atom stereocenters. The second-order valence-electron chi connectivity index (χ2n) is 7.81. The molecule has 5 heteroatoms. The quantitative estimate of drug-likeness (QED) is 0.656. The third-order valence-electron chi connectivity index (χ3n) is 5.48. The van der Waals surface area contributed by atoms with Crippen LogP contribution in [0.2, 0.25) is 0 Å². The van der Waals surface area contributed by atoms with E-state index in [1.165, 1.54) is 5.56 Å². The van der Waals surface area contributed by atoms with Crippen LogP contribution in [0.15, 0.2) is 59.4 Å². The Kier molecular flexibility index (Phi) is 5.49. The first-order valence-electron chi connectivity index (χ1n) is 10.3. The summed E-state index contributed by atoms with van der Waals surface area (Å²) in [6.07, 6.45) is 1.65.